The molecule has 1 aromatic heterocycles. The van der Waals surface area contributed by atoms with Gasteiger partial charge in [-0.25, -0.2) is 0 Å². The van der Waals surface area contributed by atoms with Gasteiger partial charge >= 0.3 is 0 Å². The van der Waals surface area contributed by atoms with Crippen molar-refractivity contribution in [2.45, 2.75) is 12.5 Å². The highest BCUT2D eigenvalue weighted by atomic mass is 79.9. The van der Waals surface area contributed by atoms with Crippen molar-refractivity contribution in [2.75, 3.05) is 7.05 Å². The van der Waals surface area contributed by atoms with E-state index in [1.54, 1.807) is 11.3 Å². The Morgan fingerprint density at radius 2 is 2.06 bits per heavy atom. The van der Waals surface area contributed by atoms with Gasteiger partial charge in [0, 0.05) is 11.1 Å². The first kappa shape index (κ1) is 14.5. The van der Waals surface area contributed by atoms with E-state index < -0.39 is 0 Å². The Kier molecular flexibility index (Phi) is 5.27. The number of thiophene rings is 1. The summed E-state index contributed by atoms with van der Waals surface area (Å²) in [6.07, 6.45) is 0.873. The molecule has 18 heavy (non-hydrogen) atoms. The Bertz CT molecular complexity index is 542. The highest BCUT2D eigenvalue weighted by Gasteiger charge is 2.17. The van der Waals surface area contributed by atoms with Crippen LogP contribution in [0.3, 0.4) is 0 Å². The number of hydrogen-bond donors (Lipinski definition) is 1. The van der Waals surface area contributed by atoms with E-state index in [4.69, 9.17) is 11.6 Å². The van der Waals surface area contributed by atoms with Gasteiger partial charge in [0.2, 0.25) is 0 Å². The minimum Gasteiger partial charge on any atom is -0.313 e. The van der Waals surface area contributed by atoms with Crippen LogP contribution in [0.15, 0.2) is 37.9 Å². The van der Waals surface area contributed by atoms with Gasteiger partial charge in [-0.15, -0.1) is 11.3 Å². The first-order chi connectivity index (χ1) is 8.61. The lowest BCUT2D eigenvalue weighted by molar-refractivity contribution is 0.592. The summed E-state index contributed by atoms with van der Waals surface area (Å²) >= 11 is 15.0. The molecule has 2 rings (SSSR count). The van der Waals surface area contributed by atoms with Gasteiger partial charge < -0.3 is 5.32 Å². The summed E-state index contributed by atoms with van der Waals surface area (Å²) in [6, 6.07) is 10.4. The molecule has 0 spiro atoms. The molecule has 1 aromatic carbocycles. The number of nitrogens with one attached hydrogen (secondary N) is 1. The maximum absolute atomic E-state index is 6.21. The van der Waals surface area contributed by atoms with Crippen molar-refractivity contribution < 1.29 is 0 Å². The Balaban J connectivity index is 2.25. The van der Waals surface area contributed by atoms with Crippen molar-refractivity contribution in [3.63, 3.8) is 0 Å². The molecule has 96 valence electrons. The lowest BCUT2D eigenvalue weighted by atomic mass is 10.0. The van der Waals surface area contributed by atoms with Crippen LogP contribution in [-0.4, -0.2) is 7.05 Å². The van der Waals surface area contributed by atoms with E-state index in [9.17, 15) is 0 Å². The van der Waals surface area contributed by atoms with Gasteiger partial charge in [0.05, 0.1) is 7.57 Å². The van der Waals surface area contributed by atoms with Crippen LogP contribution in [0.5, 0.6) is 0 Å². The first-order valence-electron chi connectivity index (χ1n) is 5.47. The van der Waals surface area contributed by atoms with Crippen LogP contribution in [0.25, 0.3) is 0 Å². The van der Waals surface area contributed by atoms with Crippen molar-refractivity contribution in [1.82, 2.24) is 5.32 Å². The summed E-state index contributed by atoms with van der Waals surface area (Å²) < 4.78 is 2.28. The Morgan fingerprint density at radius 3 is 2.61 bits per heavy atom. The van der Waals surface area contributed by atoms with Gasteiger partial charge in [-0.3, -0.25) is 0 Å². The minimum atomic E-state index is 0.252. The Labute approximate surface area is 133 Å². The van der Waals surface area contributed by atoms with Crippen LogP contribution in [-0.2, 0) is 6.42 Å². The molecule has 1 heterocycles. The molecule has 1 unspecified atom stereocenters. The largest absolute Gasteiger partial charge is 0.313 e. The second kappa shape index (κ2) is 6.53. The molecule has 1 atom stereocenters. The van der Waals surface area contributed by atoms with Crippen LogP contribution in [0.2, 0.25) is 5.02 Å². The van der Waals surface area contributed by atoms with Gasteiger partial charge in [0.1, 0.15) is 0 Å². The van der Waals surface area contributed by atoms with Crippen LogP contribution >= 0.6 is 54.8 Å². The molecule has 0 aliphatic heterocycles. The highest BCUT2D eigenvalue weighted by Crippen LogP contribution is 2.37. The molecule has 0 bridgehead atoms. The van der Waals surface area contributed by atoms with E-state index in [2.05, 4.69) is 49.3 Å². The smallest absolute Gasteiger partial charge is 0.0758 e. The normalized spacial score (nSPS) is 12.7. The first-order valence-corrected chi connectivity index (χ1v) is 8.25. The van der Waals surface area contributed by atoms with Crippen molar-refractivity contribution in [3.8, 4) is 0 Å². The molecule has 0 radical (unpaired) electrons. The van der Waals surface area contributed by atoms with Crippen molar-refractivity contribution in [1.29, 1.82) is 0 Å². The van der Waals surface area contributed by atoms with Gasteiger partial charge in [-0.1, -0.05) is 29.8 Å². The average Bonchev–Trinajstić information content (AvgIpc) is 2.67. The molecule has 0 amide bonds. The molecule has 2 aromatic rings. The maximum Gasteiger partial charge on any atom is 0.0758 e. The summed E-state index contributed by atoms with van der Waals surface area (Å²) in [5.74, 6) is 0. The van der Waals surface area contributed by atoms with Crippen LogP contribution in [0, 0.1) is 0 Å². The average molecular weight is 410 g/mol. The number of halogens is 3. The molecule has 1 nitrogen and oxygen atoms in total. The zero-order valence-electron chi connectivity index (χ0n) is 9.71. The zero-order chi connectivity index (χ0) is 13.1. The number of rotatable bonds is 4. The molecular formula is C13H12Br2ClNS. The van der Waals surface area contributed by atoms with E-state index >= 15 is 0 Å². The second-order valence-electron chi connectivity index (χ2n) is 3.92. The fourth-order valence-electron chi connectivity index (χ4n) is 1.84. The third-order valence-corrected chi connectivity index (χ3v) is 5.54. The fourth-order valence-corrected chi connectivity index (χ4v) is 5.03. The standard InChI is InChI=1S/C13H12Br2ClNS/c1-17-11(9-7-12(14)18-13(9)15)6-8-4-2-3-5-10(8)16/h2-5,7,11,17H,6H2,1H3. The third kappa shape index (κ3) is 3.36. The minimum absolute atomic E-state index is 0.252. The molecule has 0 saturated carbocycles. The predicted molar refractivity (Wildman–Crippen MR) is 86.7 cm³/mol. The van der Waals surface area contributed by atoms with Crippen LogP contribution in [0.1, 0.15) is 17.2 Å². The Hall–Kier alpha value is 0.130. The topological polar surface area (TPSA) is 12.0 Å². The lowest BCUT2D eigenvalue weighted by Crippen LogP contribution is -2.18. The second-order valence-corrected chi connectivity index (χ2v) is 8.07. The predicted octanol–water partition coefficient (Wildman–Crippen LogP) is 5.43. The summed E-state index contributed by atoms with van der Waals surface area (Å²) in [4.78, 5) is 0. The van der Waals surface area contributed by atoms with Crippen LogP contribution < -0.4 is 5.32 Å². The lowest BCUT2D eigenvalue weighted by Gasteiger charge is -2.16. The van der Waals surface area contributed by atoms with Gasteiger partial charge in [0.25, 0.3) is 0 Å². The quantitative estimate of drug-likeness (QED) is 0.710. The number of hydrogen-bond acceptors (Lipinski definition) is 2. The van der Waals surface area contributed by atoms with Gasteiger partial charge in [-0.2, -0.15) is 0 Å². The van der Waals surface area contributed by atoms with Crippen LogP contribution in [0.4, 0.5) is 0 Å². The maximum atomic E-state index is 6.21. The van der Waals surface area contributed by atoms with E-state index in [-0.39, 0.29) is 6.04 Å². The van der Waals surface area contributed by atoms with E-state index in [1.165, 1.54) is 5.56 Å². The van der Waals surface area contributed by atoms with E-state index in [0.29, 0.717) is 0 Å². The molecular weight excluding hydrogens is 397 g/mol. The molecule has 0 saturated heterocycles. The SMILES string of the molecule is CNC(Cc1ccccc1Cl)c1cc(Br)sc1Br. The molecule has 1 N–H and O–H groups in total. The van der Waals surface area contributed by atoms with Crippen molar-refractivity contribution in [3.05, 3.63) is 54.1 Å². The Morgan fingerprint density at radius 1 is 1.33 bits per heavy atom. The number of benzene rings is 1. The van der Waals surface area contributed by atoms with Crippen molar-refractivity contribution in [2.24, 2.45) is 0 Å². The molecule has 0 aliphatic carbocycles. The highest BCUT2D eigenvalue weighted by molar-refractivity contribution is 9.12. The molecule has 0 fully saturated rings. The number of likely N-dealkylation sites (N-methyl/N-ethyl adjacent to an activating group) is 1. The zero-order valence-corrected chi connectivity index (χ0v) is 14.5. The third-order valence-electron chi connectivity index (χ3n) is 2.79. The fraction of sp³-hybridized carbons (Fsp3) is 0.231. The summed E-state index contributed by atoms with van der Waals surface area (Å²) in [6.45, 7) is 0. The van der Waals surface area contributed by atoms with E-state index in [1.807, 2.05) is 25.2 Å². The molecule has 0 aliphatic rings. The van der Waals surface area contributed by atoms with Crippen molar-refractivity contribution >= 4 is 54.8 Å². The summed E-state index contributed by atoms with van der Waals surface area (Å²) in [5.41, 5.74) is 2.42. The summed E-state index contributed by atoms with van der Waals surface area (Å²) in [5, 5.41) is 4.17. The van der Waals surface area contributed by atoms with Gasteiger partial charge in [0.15, 0.2) is 0 Å². The summed E-state index contributed by atoms with van der Waals surface area (Å²) in [7, 11) is 1.97. The monoisotopic (exact) mass is 407 g/mol. The molecule has 5 heteroatoms. The van der Waals surface area contributed by atoms with E-state index in [0.717, 1.165) is 24.6 Å². The van der Waals surface area contributed by atoms with Gasteiger partial charge in [-0.05, 0) is 68.6 Å².